The summed E-state index contributed by atoms with van der Waals surface area (Å²) in [4.78, 5) is 21.8. The standard InChI is InChI=1S/C13H24N2O3/c1-10(9-11-6-7-11)15-13(18)14-8-4-2-3-5-12(16)17/h10-11H,2-9H2,1H3,(H,16,17)(H2,14,15,18). The van der Waals surface area contributed by atoms with E-state index in [-0.39, 0.29) is 18.5 Å². The quantitative estimate of drug-likeness (QED) is 0.553. The summed E-state index contributed by atoms with van der Waals surface area (Å²) in [7, 11) is 0. The van der Waals surface area contributed by atoms with Gasteiger partial charge in [0.05, 0.1) is 0 Å². The number of unbranched alkanes of at least 4 members (excludes halogenated alkanes) is 2. The van der Waals surface area contributed by atoms with Gasteiger partial charge in [-0.1, -0.05) is 19.3 Å². The van der Waals surface area contributed by atoms with Gasteiger partial charge in [-0.15, -0.1) is 0 Å². The Kier molecular flexibility index (Phi) is 6.54. The van der Waals surface area contributed by atoms with Crippen LogP contribution in [0.5, 0.6) is 0 Å². The lowest BCUT2D eigenvalue weighted by Crippen LogP contribution is -2.41. The Morgan fingerprint density at radius 2 is 2.00 bits per heavy atom. The molecule has 1 aliphatic rings. The van der Waals surface area contributed by atoms with E-state index in [1.54, 1.807) is 0 Å². The summed E-state index contributed by atoms with van der Waals surface area (Å²) in [6.45, 7) is 2.65. The van der Waals surface area contributed by atoms with E-state index in [0.717, 1.165) is 25.2 Å². The molecule has 1 atom stereocenters. The average Bonchev–Trinajstić information content (AvgIpc) is 3.06. The minimum absolute atomic E-state index is 0.110. The minimum atomic E-state index is -0.755. The number of nitrogens with one attached hydrogen (secondary N) is 2. The summed E-state index contributed by atoms with van der Waals surface area (Å²) >= 11 is 0. The van der Waals surface area contributed by atoms with Crippen LogP contribution in [-0.2, 0) is 4.79 Å². The highest BCUT2D eigenvalue weighted by Crippen LogP contribution is 2.33. The Hall–Kier alpha value is -1.26. The lowest BCUT2D eigenvalue weighted by Gasteiger charge is -2.14. The average molecular weight is 256 g/mol. The van der Waals surface area contributed by atoms with Crippen LogP contribution in [-0.4, -0.2) is 29.7 Å². The summed E-state index contributed by atoms with van der Waals surface area (Å²) in [5, 5.41) is 14.2. The predicted octanol–water partition coefficient (Wildman–Crippen LogP) is 2.12. The van der Waals surface area contributed by atoms with Gasteiger partial charge in [0.25, 0.3) is 0 Å². The molecule has 3 N–H and O–H groups in total. The van der Waals surface area contributed by atoms with Crippen molar-refractivity contribution in [1.29, 1.82) is 0 Å². The van der Waals surface area contributed by atoms with Crippen molar-refractivity contribution >= 4 is 12.0 Å². The van der Waals surface area contributed by atoms with E-state index >= 15 is 0 Å². The second kappa shape index (κ2) is 7.95. The Morgan fingerprint density at radius 1 is 1.28 bits per heavy atom. The number of rotatable bonds is 9. The summed E-state index contributed by atoms with van der Waals surface area (Å²) in [5.41, 5.74) is 0. The van der Waals surface area contributed by atoms with Crippen molar-refractivity contribution in [3.63, 3.8) is 0 Å². The second-order valence-electron chi connectivity index (χ2n) is 5.18. The first kappa shape index (κ1) is 14.8. The molecule has 0 aromatic rings. The topological polar surface area (TPSA) is 78.4 Å². The Balaban J connectivity index is 1.90. The van der Waals surface area contributed by atoms with Crippen molar-refractivity contribution in [1.82, 2.24) is 10.6 Å². The van der Waals surface area contributed by atoms with Crippen LogP contribution in [0.1, 0.15) is 51.9 Å². The molecule has 0 aromatic heterocycles. The molecule has 0 radical (unpaired) electrons. The highest BCUT2D eigenvalue weighted by molar-refractivity contribution is 5.74. The van der Waals surface area contributed by atoms with Crippen molar-refractivity contribution in [3.8, 4) is 0 Å². The Labute approximate surface area is 108 Å². The van der Waals surface area contributed by atoms with Gasteiger partial charge in [-0.05, 0) is 32.1 Å². The van der Waals surface area contributed by atoms with Gasteiger partial charge in [0, 0.05) is 19.0 Å². The maximum atomic E-state index is 11.5. The monoisotopic (exact) mass is 256 g/mol. The van der Waals surface area contributed by atoms with Gasteiger partial charge >= 0.3 is 12.0 Å². The van der Waals surface area contributed by atoms with Crippen LogP contribution in [0, 0.1) is 5.92 Å². The van der Waals surface area contributed by atoms with Crippen molar-refractivity contribution in [2.45, 2.75) is 57.9 Å². The SMILES string of the molecule is CC(CC1CC1)NC(=O)NCCCCCC(=O)O. The maximum Gasteiger partial charge on any atom is 0.314 e. The fourth-order valence-electron chi connectivity index (χ4n) is 1.97. The highest BCUT2D eigenvalue weighted by Gasteiger charge is 2.23. The number of amides is 2. The van der Waals surface area contributed by atoms with Crippen molar-refractivity contribution in [2.75, 3.05) is 6.54 Å². The summed E-state index contributed by atoms with van der Waals surface area (Å²) in [6.07, 6.45) is 6.24. The van der Waals surface area contributed by atoms with Crippen molar-refractivity contribution in [2.24, 2.45) is 5.92 Å². The summed E-state index contributed by atoms with van der Waals surface area (Å²) < 4.78 is 0. The zero-order chi connectivity index (χ0) is 13.4. The van der Waals surface area contributed by atoms with Crippen molar-refractivity contribution < 1.29 is 14.7 Å². The molecule has 5 heteroatoms. The number of carbonyl (C=O) groups excluding carboxylic acids is 1. The first-order chi connectivity index (χ1) is 8.58. The van der Waals surface area contributed by atoms with Gasteiger partial charge in [0.15, 0.2) is 0 Å². The normalized spacial score (nSPS) is 16.1. The van der Waals surface area contributed by atoms with E-state index in [0.29, 0.717) is 13.0 Å². The van der Waals surface area contributed by atoms with Crippen LogP contribution >= 0.6 is 0 Å². The van der Waals surface area contributed by atoms with Crippen LogP contribution in [0.3, 0.4) is 0 Å². The lowest BCUT2D eigenvalue weighted by molar-refractivity contribution is -0.137. The molecule has 0 spiro atoms. The molecule has 2 amide bonds. The summed E-state index contributed by atoms with van der Waals surface area (Å²) in [6, 6.07) is 0.130. The molecule has 18 heavy (non-hydrogen) atoms. The van der Waals surface area contributed by atoms with E-state index in [4.69, 9.17) is 5.11 Å². The van der Waals surface area contributed by atoms with Gasteiger partial charge in [0.1, 0.15) is 0 Å². The lowest BCUT2D eigenvalue weighted by atomic mass is 10.2. The van der Waals surface area contributed by atoms with Gasteiger partial charge in [-0.3, -0.25) is 4.79 Å². The zero-order valence-electron chi connectivity index (χ0n) is 11.1. The van der Waals surface area contributed by atoms with E-state index in [1.165, 1.54) is 12.8 Å². The zero-order valence-corrected chi connectivity index (χ0v) is 11.1. The molecule has 1 rings (SSSR count). The van der Waals surface area contributed by atoms with Crippen LogP contribution in [0.2, 0.25) is 0 Å². The molecule has 104 valence electrons. The highest BCUT2D eigenvalue weighted by atomic mass is 16.4. The molecular formula is C13H24N2O3. The minimum Gasteiger partial charge on any atom is -0.481 e. The molecule has 0 aliphatic heterocycles. The molecule has 0 aromatic carbocycles. The fourth-order valence-corrected chi connectivity index (χ4v) is 1.97. The molecule has 1 unspecified atom stereocenters. The Morgan fingerprint density at radius 3 is 2.61 bits per heavy atom. The first-order valence-electron chi connectivity index (χ1n) is 6.84. The predicted molar refractivity (Wildman–Crippen MR) is 69.4 cm³/mol. The van der Waals surface area contributed by atoms with Crippen LogP contribution in [0.25, 0.3) is 0 Å². The molecule has 0 heterocycles. The third-order valence-corrected chi connectivity index (χ3v) is 3.11. The van der Waals surface area contributed by atoms with E-state index < -0.39 is 5.97 Å². The third-order valence-electron chi connectivity index (χ3n) is 3.11. The van der Waals surface area contributed by atoms with Crippen molar-refractivity contribution in [3.05, 3.63) is 0 Å². The number of urea groups is 1. The molecule has 1 saturated carbocycles. The molecule has 0 bridgehead atoms. The smallest absolute Gasteiger partial charge is 0.314 e. The van der Waals surface area contributed by atoms with Gasteiger partial charge < -0.3 is 15.7 Å². The van der Waals surface area contributed by atoms with E-state index in [9.17, 15) is 9.59 Å². The Bertz CT molecular complexity index is 277. The molecular weight excluding hydrogens is 232 g/mol. The molecule has 0 saturated heterocycles. The molecule has 5 nitrogen and oxygen atoms in total. The molecule has 1 aliphatic carbocycles. The van der Waals surface area contributed by atoms with Crippen LogP contribution in [0.15, 0.2) is 0 Å². The fraction of sp³-hybridized carbons (Fsp3) is 0.846. The van der Waals surface area contributed by atoms with Crippen LogP contribution < -0.4 is 10.6 Å². The van der Waals surface area contributed by atoms with E-state index in [1.807, 2.05) is 6.92 Å². The number of aliphatic carboxylic acids is 1. The largest absolute Gasteiger partial charge is 0.481 e. The maximum absolute atomic E-state index is 11.5. The van der Waals surface area contributed by atoms with Gasteiger partial charge in [-0.2, -0.15) is 0 Å². The second-order valence-corrected chi connectivity index (χ2v) is 5.18. The number of carbonyl (C=O) groups is 2. The van der Waals surface area contributed by atoms with E-state index in [2.05, 4.69) is 10.6 Å². The van der Waals surface area contributed by atoms with Gasteiger partial charge in [0.2, 0.25) is 0 Å². The number of carboxylic acids is 1. The first-order valence-corrected chi connectivity index (χ1v) is 6.84. The van der Waals surface area contributed by atoms with Gasteiger partial charge in [-0.25, -0.2) is 4.79 Å². The number of hydrogen-bond donors (Lipinski definition) is 3. The molecule has 1 fully saturated rings. The number of hydrogen-bond acceptors (Lipinski definition) is 2. The third kappa shape index (κ3) is 7.92. The van der Waals surface area contributed by atoms with Crippen LogP contribution in [0.4, 0.5) is 4.79 Å². The number of carboxylic acid groups (broad SMARTS) is 1. The summed E-state index contributed by atoms with van der Waals surface area (Å²) in [5.74, 6) is 0.0610.